The number of aromatic nitrogens is 6. The number of nitrogens with one attached hydrogen (secondary N) is 4. The van der Waals surface area contributed by atoms with E-state index < -0.39 is 11.8 Å². The summed E-state index contributed by atoms with van der Waals surface area (Å²) in [6, 6.07) is 15.6. The second-order valence-electron chi connectivity index (χ2n) is 17.0. The molecule has 14 heteroatoms. The minimum absolute atomic E-state index is 0.0452. The fourth-order valence-electron chi connectivity index (χ4n) is 8.74. The maximum Gasteiger partial charge on any atom is 0.257 e. The van der Waals surface area contributed by atoms with Gasteiger partial charge in [-0.25, -0.2) is 9.97 Å². The maximum absolute atomic E-state index is 13.8. The van der Waals surface area contributed by atoms with Crippen LogP contribution in [0.1, 0.15) is 98.6 Å². The van der Waals surface area contributed by atoms with Crippen molar-refractivity contribution in [3.8, 4) is 0 Å². The highest BCUT2D eigenvalue weighted by atomic mass is 32.2. The highest BCUT2D eigenvalue weighted by Gasteiger charge is 2.44. The number of carbonyl (C=O) groups is 2. The SMILES string of the molecule is CC1(C)CC(=O)C2=C(C1)Nc1nc(SCc3ccc(CSc4nc5c(c(=O)[nH]4)C(c4ccncc4)C4=C(CC(C)(C)CC4=O)N5)cc3)[nH]c(=O)c1C2c1ccncc1. The number of Topliss-reactive ketones (excluding diaryl/α,β-unsaturated/α-hetero) is 2. The van der Waals surface area contributed by atoms with Crippen molar-refractivity contribution in [2.24, 2.45) is 10.8 Å². The number of H-pyrrole nitrogens is 2. The molecule has 6 heterocycles. The Balaban J connectivity index is 0.904. The van der Waals surface area contributed by atoms with Crippen LogP contribution in [-0.4, -0.2) is 41.5 Å². The van der Waals surface area contributed by atoms with E-state index in [1.165, 1.54) is 23.5 Å². The summed E-state index contributed by atoms with van der Waals surface area (Å²) in [6.07, 6.45) is 8.92. The molecule has 2 aliphatic carbocycles. The summed E-state index contributed by atoms with van der Waals surface area (Å²) in [5.74, 6) is 1.16. The molecule has 4 N–H and O–H groups in total. The zero-order valence-electron chi connectivity index (χ0n) is 32.6. The van der Waals surface area contributed by atoms with Gasteiger partial charge in [0, 0.05) is 83.5 Å². The van der Waals surface area contributed by atoms with E-state index in [9.17, 15) is 19.2 Å². The lowest BCUT2D eigenvalue weighted by Gasteiger charge is -2.38. The highest BCUT2D eigenvalue weighted by Crippen LogP contribution is 2.49. The minimum atomic E-state index is -0.520. The molecule has 9 rings (SSSR count). The number of carbonyl (C=O) groups excluding carboxylic acids is 2. The minimum Gasteiger partial charge on any atom is -0.343 e. The molecule has 0 spiro atoms. The second-order valence-corrected chi connectivity index (χ2v) is 18.9. The van der Waals surface area contributed by atoms with Gasteiger partial charge in [-0.3, -0.25) is 29.1 Å². The number of allylic oxidation sites excluding steroid dienone is 4. The molecule has 2 aliphatic heterocycles. The largest absolute Gasteiger partial charge is 0.343 e. The third-order valence-electron chi connectivity index (χ3n) is 11.3. The molecule has 0 bridgehead atoms. The number of aromatic amines is 2. The normalized spacial score (nSPS) is 20.3. The summed E-state index contributed by atoms with van der Waals surface area (Å²) in [5, 5.41) is 7.76. The Morgan fingerprint density at radius 3 is 1.33 bits per heavy atom. The molecule has 0 radical (unpaired) electrons. The van der Waals surface area contributed by atoms with Gasteiger partial charge in [-0.05, 0) is 70.2 Å². The Morgan fingerprint density at radius 1 is 0.569 bits per heavy atom. The molecule has 1 aromatic carbocycles. The lowest BCUT2D eigenvalue weighted by Crippen LogP contribution is -2.37. The summed E-state index contributed by atoms with van der Waals surface area (Å²) in [7, 11) is 0. The number of rotatable bonds is 8. The van der Waals surface area contributed by atoms with Crippen molar-refractivity contribution in [1.82, 2.24) is 29.9 Å². The molecule has 2 unspecified atom stereocenters. The molecular weight excluding hydrogens is 769 g/mol. The lowest BCUT2D eigenvalue weighted by atomic mass is 9.69. The van der Waals surface area contributed by atoms with Gasteiger partial charge in [-0.1, -0.05) is 75.5 Å². The van der Waals surface area contributed by atoms with Gasteiger partial charge in [0.25, 0.3) is 11.1 Å². The molecule has 12 nitrogen and oxygen atoms in total. The van der Waals surface area contributed by atoms with Crippen LogP contribution < -0.4 is 21.8 Å². The second kappa shape index (κ2) is 14.7. The molecule has 4 aliphatic rings. The average molecular weight is 811 g/mol. The van der Waals surface area contributed by atoms with Crippen molar-refractivity contribution in [2.45, 2.75) is 87.0 Å². The summed E-state index contributed by atoms with van der Waals surface area (Å²) < 4.78 is 0. The van der Waals surface area contributed by atoms with Crippen LogP contribution >= 0.6 is 23.5 Å². The predicted molar refractivity (Wildman–Crippen MR) is 225 cm³/mol. The lowest BCUT2D eigenvalue weighted by molar-refractivity contribution is -0.119. The maximum atomic E-state index is 13.8. The van der Waals surface area contributed by atoms with E-state index >= 15 is 0 Å². The number of pyridine rings is 2. The van der Waals surface area contributed by atoms with Crippen molar-refractivity contribution < 1.29 is 9.59 Å². The number of hydrogen-bond acceptors (Lipinski definition) is 12. The average Bonchev–Trinajstić information content (AvgIpc) is 3.18. The van der Waals surface area contributed by atoms with E-state index in [0.717, 1.165) is 33.6 Å². The number of nitrogens with zero attached hydrogens (tertiary/aromatic N) is 4. The summed E-state index contributed by atoms with van der Waals surface area (Å²) in [5.41, 5.74) is 6.62. The standard InChI is InChI=1S/C44H42N8O4S2/c1-43(2)17-27-33(29(53)19-43)31(25-9-13-45-14-10-25)35-37(47-27)49-41(51-39(35)55)57-21-23-5-7-24(8-6-23)22-58-42-50-38-36(40(56)52-42)32(26-11-15-46-16-12-26)34-28(48-38)18-44(3,4)20-30(34)54/h5-16,31-32H,17-22H2,1-4H3,(H2,47,49,51,55)(H2,48,50,52,56). The molecule has 294 valence electrons. The Bertz CT molecular complexity index is 2490. The van der Waals surface area contributed by atoms with Gasteiger partial charge in [0.05, 0.1) is 11.1 Å². The first kappa shape index (κ1) is 37.9. The highest BCUT2D eigenvalue weighted by molar-refractivity contribution is 7.98. The van der Waals surface area contributed by atoms with Gasteiger partial charge in [-0.2, -0.15) is 0 Å². The monoisotopic (exact) mass is 810 g/mol. The predicted octanol–water partition coefficient (Wildman–Crippen LogP) is 7.63. The smallest absolute Gasteiger partial charge is 0.257 e. The van der Waals surface area contributed by atoms with Crippen LogP contribution in [0, 0.1) is 10.8 Å². The van der Waals surface area contributed by atoms with Crippen molar-refractivity contribution >= 4 is 46.7 Å². The molecule has 0 amide bonds. The molecule has 0 saturated carbocycles. The number of benzene rings is 1. The van der Waals surface area contributed by atoms with Crippen LogP contribution in [0.3, 0.4) is 0 Å². The van der Waals surface area contributed by atoms with E-state index in [0.29, 0.717) is 81.4 Å². The van der Waals surface area contributed by atoms with E-state index in [1.54, 1.807) is 24.8 Å². The van der Waals surface area contributed by atoms with E-state index in [4.69, 9.17) is 9.97 Å². The Hall–Kier alpha value is -5.60. The molecule has 0 saturated heterocycles. The fourth-order valence-corrected chi connectivity index (χ4v) is 10.4. The number of hydrogen-bond donors (Lipinski definition) is 4. The topological polar surface area (TPSA) is 175 Å². The summed E-state index contributed by atoms with van der Waals surface area (Å²) in [4.78, 5) is 78.6. The van der Waals surface area contributed by atoms with Gasteiger partial charge in [0.1, 0.15) is 11.6 Å². The van der Waals surface area contributed by atoms with Crippen LogP contribution in [0.15, 0.2) is 116 Å². The summed E-state index contributed by atoms with van der Waals surface area (Å²) >= 11 is 2.87. The first-order chi connectivity index (χ1) is 27.8. The van der Waals surface area contributed by atoms with Gasteiger partial charge in [-0.15, -0.1) is 0 Å². The Kier molecular flexibility index (Phi) is 9.59. The Labute approximate surface area is 343 Å². The number of thioether (sulfide) groups is 2. The zero-order valence-corrected chi connectivity index (χ0v) is 34.2. The van der Waals surface area contributed by atoms with Crippen molar-refractivity contribution in [3.63, 3.8) is 0 Å². The molecule has 0 fully saturated rings. The summed E-state index contributed by atoms with van der Waals surface area (Å²) in [6.45, 7) is 8.34. The van der Waals surface area contributed by atoms with Crippen molar-refractivity contribution in [2.75, 3.05) is 10.6 Å². The van der Waals surface area contributed by atoms with Gasteiger partial charge >= 0.3 is 0 Å². The van der Waals surface area contributed by atoms with Crippen molar-refractivity contribution in [1.29, 1.82) is 0 Å². The van der Waals surface area contributed by atoms with Gasteiger partial charge < -0.3 is 20.6 Å². The third-order valence-corrected chi connectivity index (χ3v) is 13.1. The zero-order chi connectivity index (χ0) is 40.3. The first-order valence-corrected chi connectivity index (χ1v) is 21.3. The van der Waals surface area contributed by atoms with E-state index in [2.05, 4.69) is 58.3 Å². The van der Waals surface area contributed by atoms with Crippen LogP contribution in [-0.2, 0) is 21.1 Å². The third kappa shape index (κ3) is 7.23. The quantitative estimate of drug-likeness (QED) is 0.0893. The number of ketones is 2. The van der Waals surface area contributed by atoms with Crippen LogP contribution in [0.5, 0.6) is 0 Å². The molecule has 2 atom stereocenters. The fraction of sp³-hybridized carbons (Fsp3) is 0.318. The van der Waals surface area contributed by atoms with E-state index in [-0.39, 0.29) is 33.5 Å². The van der Waals surface area contributed by atoms with Crippen molar-refractivity contribution in [3.05, 3.63) is 150 Å². The Morgan fingerprint density at radius 2 is 0.948 bits per heavy atom. The molecule has 5 aromatic rings. The molecule has 4 aromatic heterocycles. The molecular formula is C44H42N8O4S2. The van der Waals surface area contributed by atoms with Crippen LogP contribution in [0.4, 0.5) is 11.6 Å². The van der Waals surface area contributed by atoms with Crippen LogP contribution in [0.25, 0.3) is 0 Å². The first-order valence-electron chi connectivity index (χ1n) is 19.3. The van der Waals surface area contributed by atoms with Gasteiger partial charge in [0.2, 0.25) is 0 Å². The molecule has 58 heavy (non-hydrogen) atoms. The van der Waals surface area contributed by atoms with E-state index in [1.807, 2.05) is 48.5 Å². The van der Waals surface area contributed by atoms with Gasteiger partial charge in [0.15, 0.2) is 21.9 Å². The number of anilines is 2. The van der Waals surface area contributed by atoms with Crippen LogP contribution in [0.2, 0.25) is 0 Å². The number of fused-ring (bicyclic) bond motifs is 2.